The minimum absolute atomic E-state index is 0.128. The van der Waals surface area contributed by atoms with E-state index in [1.165, 1.54) is 5.56 Å². The van der Waals surface area contributed by atoms with Gasteiger partial charge in [-0.2, -0.15) is 5.26 Å². The molecule has 1 N–H and O–H groups in total. The van der Waals surface area contributed by atoms with Gasteiger partial charge in [0.2, 0.25) is 0 Å². The van der Waals surface area contributed by atoms with Gasteiger partial charge in [-0.25, -0.2) is 0 Å². The van der Waals surface area contributed by atoms with E-state index in [0.717, 1.165) is 23.5 Å². The van der Waals surface area contributed by atoms with E-state index in [0.29, 0.717) is 5.92 Å². The van der Waals surface area contributed by atoms with Crippen LogP contribution >= 0.6 is 11.8 Å². The van der Waals surface area contributed by atoms with Crippen LogP contribution in [0.1, 0.15) is 45.7 Å². The first-order valence-corrected chi connectivity index (χ1v) is 7.56. The van der Waals surface area contributed by atoms with Crippen LogP contribution in [0.5, 0.6) is 0 Å². The zero-order valence-corrected chi connectivity index (χ0v) is 13.4. The Kier molecular flexibility index (Phi) is 5.90. The van der Waals surface area contributed by atoms with Gasteiger partial charge in [-0.3, -0.25) is 0 Å². The number of nitrogens with zero attached hydrogens (tertiary/aromatic N) is 1. The van der Waals surface area contributed by atoms with E-state index in [1.54, 1.807) is 11.8 Å². The third-order valence-corrected chi connectivity index (χ3v) is 3.65. The third-order valence-electron chi connectivity index (χ3n) is 2.46. The first-order valence-electron chi connectivity index (χ1n) is 6.74. The second-order valence-corrected chi connectivity index (χ2v) is 8.05. The Morgan fingerprint density at radius 3 is 2.53 bits per heavy atom. The number of nitriles is 1. The van der Waals surface area contributed by atoms with Gasteiger partial charge in [0, 0.05) is 16.2 Å². The van der Waals surface area contributed by atoms with Crippen molar-refractivity contribution in [2.24, 2.45) is 5.92 Å². The predicted molar refractivity (Wildman–Crippen MR) is 83.3 cm³/mol. The molecule has 0 fully saturated rings. The van der Waals surface area contributed by atoms with Crippen molar-refractivity contribution < 1.29 is 0 Å². The van der Waals surface area contributed by atoms with Crippen molar-refractivity contribution in [2.45, 2.75) is 50.8 Å². The van der Waals surface area contributed by atoms with E-state index in [2.05, 4.69) is 58.1 Å². The summed E-state index contributed by atoms with van der Waals surface area (Å²) in [6, 6.07) is 8.49. The van der Waals surface area contributed by atoms with Gasteiger partial charge < -0.3 is 5.32 Å². The summed E-state index contributed by atoms with van der Waals surface area (Å²) in [4.78, 5) is 1.07. The number of nitrogens with one attached hydrogen (secondary N) is 1. The highest BCUT2D eigenvalue weighted by Gasteiger charge is 2.15. The molecule has 0 spiro atoms. The lowest BCUT2D eigenvalue weighted by Crippen LogP contribution is -2.19. The summed E-state index contributed by atoms with van der Waals surface area (Å²) in [7, 11) is 0. The maximum atomic E-state index is 9.27. The minimum atomic E-state index is 0.128. The van der Waals surface area contributed by atoms with E-state index in [-0.39, 0.29) is 4.75 Å². The molecule has 0 unspecified atom stereocenters. The van der Waals surface area contributed by atoms with Crippen molar-refractivity contribution in [2.75, 3.05) is 6.54 Å². The summed E-state index contributed by atoms with van der Waals surface area (Å²) in [5.74, 6) is 0.645. The summed E-state index contributed by atoms with van der Waals surface area (Å²) in [5.41, 5.74) is 1.96. The molecule has 0 aliphatic heterocycles. The molecule has 0 saturated heterocycles. The summed E-state index contributed by atoms with van der Waals surface area (Å²) in [6.45, 7) is 12.7. The fourth-order valence-electron chi connectivity index (χ4n) is 1.70. The van der Waals surface area contributed by atoms with Gasteiger partial charge in [0.25, 0.3) is 0 Å². The highest BCUT2D eigenvalue weighted by atomic mass is 32.2. The van der Waals surface area contributed by atoms with Crippen LogP contribution in [0.15, 0.2) is 23.1 Å². The monoisotopic (exact) mass is 276 g/mol. The first-order chi connectivity index (χ1) is 8.81. The SMILES string of the molecule is CC(C)CNCc1ccc(SC(C)(C)C)c(C#N)c1. The molecule has 0 aliphatic carbocycles. The third kappa shape index (κ3) is 6.13. The van der Waals surface area contributed by atoms with E-state index >= 15 is 0 Å². The Morgan fingerprint density at radius 1 is 1.32 bits per heavy atom. The van der Waals surface area contributed by atoms with Gasteiger partial charge in [0.1, 0.15) is 6.07 Å². The highest BCUT2D eigenvalue weighted by Crippen LogP contribution is 2.34. The van der Waals surface area contributed by atoms with Crippen LogP contribution in [0.2, 0.25) is 0 Å². The smallest absolute Gasteiger partial charge is 0.100 e. The number of benzene rings is 1. The highest BCUT2D eigenvalue weighted by molar-refractivity contribution is 8.00. The number of rotatable bonds is 5. The van der Waals surface area contributed by atoms with Crippen molar-refractivity contribution in [3.63, 3.8) is 0 Å². The van der Waals surface area contributed by atoms with Crippen LogP contribution < -0.4 is 5.32 Å². The normalized spacial score (nSPS) is 11.6. The van der Waals surface area contributed by atoms with Gasteiger partial charge in [-0.1, -0.05) is 40.7 Å². The van der Waals surface area contributed by atoms with Crippen LogP contribution in [-0.4, -0.2) is 11.3 Å². The zero-order chi connectivity index (χ0) is 14.5. The lowest BCUT2D eigenvalue weighted by atomic mass is 10.1. The lowest BCUT2D eigenvalue weighted by molar-refractivity contribution is 0.552. The molecule has 0 radical (unpaired) electrons. The molecule has 19 heavy (non-hydrogen) atoms. The van der Waals surface area contributed by atoms with Crippen molar-refractivity contribution in [3.05, 3.63) is 29.3 Å². The van der Waals surface area contributed by atoms with Crippen molar-refractivity contribution in [1.29, 1.82) is 5.26 Å². The second-order valence-electron chi connectivity index (χ2n) is 6.18. The summed E-state index contributed by atoms with van der Waals surface area (Å²) in [6.07, 6.45) is 0. The average molecular weight is 276 g/mol. The first kappa shape index (κ1) is 16.1. The summed E-state index contributed by atoms with van der Waals surface area (Å²) < 4.78 is 0.128. The Balaban J connectivity index is 2.76. The minimum Gasteiger partial charge on any atom is -0.312 e. The molecule has 0 bridgehead atoms. The lowest BCUT2D eigenvalue weighted by Gasteiger charge is -2.18. The molecule has 0 atom stereocenters. The molecule has 3 heteroatoms. The Bertz CT molecular complexity index is 453. The van der Waals surface area contributed by atoms with Gasteiger partial charge in [-0.05, 0) is 30.2 Å². The van der Waals surface area contributed by atoms with Gasteiger partial charge in [0.15, 0.2) is 0 Å². The fourth-order valence-corrected chi connectivity index (χ4v) is 2.71. The molecule has 0 amide bonds. The van der Waals surface area contributed by atoms with Crippen molar-refractivity contribution >= 4 is 11.8 Å². The molecule has 2 nitrogen and oxygen atoms in total. The second kappa shape index (κ2) is 6.98. The van der Waals surface area contributed by atoms with Gasteiger partial charge in [-0.15, -0.1) is 11.8 Å². The molecule has 1 aromatic rings. The van der Waals surface area contributed by atoms with E-state index in [1.807, 2.05) is 6.07 Å². The molecule has 0 aromatic heterocycles. The molecular formula is C16H24N2S. The molecule has 1 rings (SSSR count). The predicted octanol–water partition coefficient (Wildman–Crippen LogP) is 4.19. The Labute approximate surface area is 121 Å². The number of thioether (sulfide) groups is 1. The molecule has 1 aromatic carbocycles. The molecule has 0 heterocycles. The molecule has 0 saturated carbocycles. The largest absolute Gasteiger partial charge is 0.312 e. The van der Waals surface area contributed by atoms with E-state index in [4.69, 9.17) is 0 Å². The average Bonchev–Trinajstić information content (AvgIpc) is 2.28. The van der Waals surface area contributed by atoms with Crippen LogP contribution in [0.3, 0.4) is 0 Å². The fraction of sp³-hybridized carbons (Fsp3) is 0.562. The molecule has 104 valence electrons. The van der Waals surface area contributed by atoms with Gasteiger partial charge in [0.05, 0.1) is 5.56 Å². The Morgan fingerprint density at radius 2 is 2.00 bits per heavy atom. The topological polar surface area (TPSA) is 35.8 Å². The van der Waals surface area contributed by atoms with Crippen molar-refractivity contribution in [1.82, 2.24) is 5.32 Å². The van der Waals surface area contributed by atoms with E-state index in [9.17, 15) is 5.26 Å². The van der Waals surface area contributed by atoms with Crippen molar-refractivity contribution in [3.8, 4) is 6.07 Å². The van der Waals surface area contributed by atoms with Crippen LogP contribution in [0.25, 0.3) is 0 Å². The summed E-state index contributed by atoms with van der Waals surface area (Å²) in [5, 5.41) is 12.7. The zero-order valence-electron chi connectivity index (χ0n) is 12.6. The molecule has 0 aliphatic rings. The maximum Gasteiger partial charge on any atom is 0.100 e. The standard InChI is InChI=1S/C16H24N2S/c1-12(2)10-18-11-13-6-7-15(14(8-13)9-17)19-16(3,4)5/h6-8,12,18H,10-11H2,1-5H3. The number of hydrogen-bond acceptors (Lipinski definition) is 3. The Hall–Kier alpha value is -0.980. The maximum absolute atomic E-state index is 9.27. The van der Waals surface area contributed by atoms with Crippen LogP contribution in [-0.2, 0) is 6.54 Å². The van der Waals surface area contributed by atoms with Crippen LogP contribution in [0, 0.1) is 17.2 Å². The summed E-state index contributed by atoms with van der Waals surface area (Å²) >= 11 is 1.75. The molecular weight excluding hydrogens is 252 g/mol. The quantitative estimate of drug-likeness (QED) is 0.819. The van der Waals surface area contributed by atoms with Crippen LogP contribution in [0.4, 0.5) is 0 Å². The number of hydrogen-bond donors (Lipinski definition) is 1. The van der Waals surface area contributed by atoms with Gasteiger partial charge >= 0.3 is 0 Å². The van der Waals surface area contributed by atoms with E-state index < -0.39 is 0 Å².